The highest BCUT2D eigenvalue weighted by atomic mass is 16.5. The van der Waals surface area contributed by atoms with Gasteiger partial charge in [-0.2, -0.15) is 0 Å². The third kappa shape index (κ3) is 12.4. The average Bonchev–Trinajstić information content (AvgIpc) is 2.57. The molecule has 0 bridgehead atoms. The average molecular weight is 314 g/mol. The van der Waals surface area contributed by atoms with Crippen LogP contribution < -0.4 is 15.4 Å². The fourth-order valence-electron chi connectivity index (χ4n) is 1.50. The first-order valence-electron chi connectivity index (χ1n) is 7.42. The Labute approximate surface area is 133 Å². The van der Waals surface area contributed by atoms with Crippen LogP contribution in [0.4, 0.5) is 0 Å². The van der Waals surface area contributed by atoms with Crippen LogP contribution >= 0.6 is 0 Å². The lowest BCUT2D eigenvalue weighted by atomic mass is 10.3. The lowest BCUT2D eigenvalue weighted by molar-refractivity contribution is 0.109. The summed E-state index contributed by atoms with van der Waals surface area (Å²) in [6, 6.07) is 6.66. The predicted molar refractivity (Wildman–Crippen MR) is 88.7 cm³/mol. The molecule has 2 rings (SSSR count). The van der Waals surface area contributed by atoms with Gasteiger partial charge in [-0.05, 0) is 26.1 Å². The predicted octanol–water partition coefficient (Wildman–Crippen LogP) is 1.25. The Morgan fingerprint density at radius 2 is 2.00 bits per heavy atom. The van der Waals surface area contributed by atoms with Crippen LogP contribution in [0.1, 0.15) is 6.92 Å². The molecular weight excluding hydrogens is 284 g/mol. The summed E-state index contributed by atoms with van der Waals surface area (Å²) < 4.78 is 14.8. The summed E-state index contributed by atoms with van der Waals surface area (Å²) in [7, 11) is 5.19. The van der Waals surface area contributed by atoms with Crippen molar-refractivity contribution in [2.24, 2.45) is 0 Å². The molecule has 1 saturated heterocycles. The fraction of sp³-hybridized carbons (Fsp3) is 0.625. The smallest absolute Gasteiger partial charge is 0.122 e. The lowest BCUT2D eigenvalue weighted by Crippen LogP contribution is -2.30. The van der Waals surface area contributed by atoms with E-state index in [-0.39, 0.29) is 5.75 Å². The first kappa shape index (κ1) is 20.7. The van der Waals surface area contributed by atoms with E-state index in [1.807, 2.05) is 14.0 Å². The van der Waals surface area contributed by atoms with Gasteiger partial charge in [0.25, 0.3) is 0 Å². The molecule has 1 atom stereocenters. The molecule has 22 heavy (non-hydrogen) atoms. The Bertz CT molecular complexity index is 348. The van der Waals surface area contributed by atoms with Crippen molar-refractivity contribution in [2.45, 2.75) is 13.0 Å². The number of nitrogens with one attached hydrogen (secondary N) is 2. The van der Waals surface area contributed by atoms with Crippen molar-refractivity contribution in [1.29, 1.82) is 0 Å². The third-order valence-electron chi connectivity index (χ3n) is 2.79. The second kappa shape index (κ2) is 14.6. The third-order valence-corrected chi connectivity index (χ3v) is 2.79. The molecule has 1 aliphatic rings. The summed E-state index contributed by atoms with van der Waals surface area (Å²) >= 11 is 0. The summed E-state index contributed by atoms with van der Waals surface area (Å²) in [5.74, 6) is 0.907. The Morgan fingerprint density at radius 1 is 1.32 bits per heavy atom. The summed E-state index contributed by atoms with van der Waals surface area (Å²) in [5, 5.41) is 15.0. The summed E-state index contributed by atoms with van der Waals surface area (Å²) in [6.07, 6.45) is 0.338. The quantitative estimate of drug-likeness (QED) is 0.777. The fourth-order valence-corrected chi connectivity index (χ4v) is 1.50. The number of phenols is 1. The molecular formula is C16H30N2O4. The summed E-state index contributed by atoms with van der Waals surface area (Å²) in [6.45, 7) is 6.78. The topological polar surface area (TPSA) is 72.0 Å². The number of benzene rings is 1. The highest BCUT2D eigenvalue weighted by Gasteiger charge is 1.93. The normalized spacial score (nSPS) is 14.7. The van der Waals surface area contributed by atoms with Gasteiger partial charge in [0.05, 0.1) is 26.4 Å². The molecule has 1 aromatic rings. The van der Waals surface area contributed by atoms with Crippen LogP contribution in [0.3, 0.4) is 0 Å². The van der Waals surface area contributed by atoms with E-state index in [1.165, 1.54) is 0 Å². The maximum absolute atomic E-state index is 8.86. The number of methoxy groups -OCH3 is 2. The second-order valence-corrected chi connectivity index (χ2v) is 4.67. The van der Waals surface area contributed by atoms with Gasteiger partial charge in [-0.1, -0.05) is 6.07 Å². The number of ether oxygens (including phenoxy) is 3. The van der Waals surface area contributed by atoms with E-state index in [9.17, 15) is 0 Å². The molecule has 1 heterocycles. The van der Waals surface area contributed by atoms with E-state index in [0.29, 0.717) is 11.9 Å². The number of hydrogen-bond acceptors (Lipinski definition) is 6. The van der Waals surface area contributed by atoms with Gasteiger partial charge in [-0.15, -0.1) is 0 Å². The van der Waals surface area contributed by atoms with E-state index in [4.69, 9.17) is 19.3 Å². The molecule has 1 aromatic carbocycles. The van der Waals surface area contributed by atoms with Crippen LogP contribution in [0.5, 0.6) is 11.5 Å². The van der Waals surface area contributed by atoms with Crippen LogP contribution in [0, 0.1) is 0 Å². The van der Waals surface area contributed by atoms with Gasteiger partial charge in [0.1, 0.15) is 11.5 Å². The van der Waals surface area contributed by atoms with E-state index in [0.717, 1.165) is 32.8 Å². The van der Waals surface area contributed by atoms with Gasteiger partial charge in [0, 0.05) is 32.8 Å². The molecule has 0 aromatic heterocycles. The molecule has 0 unspecified atom stereocenters. The van der Waals surface area contributed by atoms with Gasteiger partial charge >= 0.3 is 0 Å². The van der Waals surface area contributed by atoms with E-state index in [2.05, 4.69) is 10.6 Å². The number of rotatable bonds is 4. The zero-order valence-electron chi connectivity index (χ0n) is 14.1. The van der Waals surface area contributed by atoms with Gasteiger partial charge in [-0.3, -0.25) is 0 Å². The van der Waals surface area contributed by atoms with Crippen molar-refractivity contribution in [3.05, 3.63) is 24.3 Å². The van der Waals surface area contributed by atoms with Gasteiger partial charge < -0.3 is 30.0 Å². The Balaban J connectivity index is 0.000000308. The van der Waals surface area contributed by atoms with Crippen LogP contribution in [0.15, 0.2) is 24.3 Å². The van der Waals surface area contributed by atoms with Crippen molar-refractivity contribution in [2.75, 3.05) is 54.1 Å². The molecule has 0 radical (unpaired) electrons. The number of phenolic OH excluding ortho intramolecular Hbond substituents is 1. The Kier molecular flexibility index (Phi) is 13.7. The Hall–Kier alpha value is -1.34. The summed E-state index contributed by atoms with van der Waals surface area (Å²) in [5.41, 5.74) is 0. The van der Waals surface area contributed by atoms with Crippen molar-refractivity contribution in [3.63, 3.8) is 0 Å². The maximum atomic E-state index is 8.86. The molecule has 3 N–H and O–H groups in total. The number of aromatic hydroxyl groups is 1. The first-order chi connectivity index (χ1) is 10.6. The van der Waals surface area contributed by atoms with E-state index >= 15 is 0 Å². The molecule has 6 heteroatoms. The second-order valence-electron chi connectivity index (χ2n) is 4.67. The maximum Gasteiger partial charge on any atom is 0.122 e. The van der Waals surface area contributed by atoms with E-state index < -0.39 is 0 Å². The minimum Gasteiger partial charge on any atom is -0.508 e. The zero-order valence-corrected chi connectivity index (χ0v) is 14.1. The standard InChI is InChI=1S/C7H8O2.C5H13NO.C4H9NO/c1-9-7-4-2-3-6(8)5-7;1-5(7-3)4-6-2;1-3-6-4-2-5-1/h2-5,8H,1H3;5-6H,4H2,1-3H3;5H,1-4H2/t;5-;/m.1./s1. The van der Waals surface area contributed by atoms with Gasteiger partial charge in [0.2, 0.25) is 0 Å². The van der Waals surface area contributed by atoms with Crippen LogP contribution in [-0.2, 0) is 9.47 Å². The number of morpholine rings is 1. The molecule has 0 saturated carbocycles. The number of likely N-dealkylation sites (N-methyl/N-ethyl adjacent to an activating group) is 1. The minimum atomic E-state index is 0.231. The van der Waals surface area contributed by atoms with Crippen LogP contribution in [-0.4, -0.2) is 65.3 Å². The van der Waals surface area contributed by atoms with Crippen molar-refractivity contribution in [3.8, 4) is 11.5 Å². The van der Waals surface area contributed by atoms with Crippen molar-refractivity contribution >= 4 is 0 Å². The molecule has 1 aliphatic heterocycles. The minimum absolute atomic E-state index is 0.231. The van der Waals surface area contributed by atoms with Crippen LogP contribution in [0.25, 0.3) is 0 Å². The van der Waals surface area contributed by atoms with Crippen LogP contribution in [0.2, 0.25) is 0 Å². The highest BCUT2D eigenvalue weighted by molar-refractivity contribution is 5.31. The Morgan fingerprint density at radius 3 is 2.27 bits per heavy atom. The monoisotopic (exact) mass is 314 g/mol. The zero-order chi connectivity index (χ0) is 16.6. The van der Waals surface area contributed by atoms with E-state index in [1.54, 1.807) is 38.5 Å². The molecule has 0 spiro atoms. The van der Waals surface area contributed by atoms with Crippen molar-refractivity contribution < 1.29 is 19.3 Å². The molecule has 0 amide bonds. The molecule has 128 valence electrons. The van der Waals surface area contributed by atoms with Crippen molar-refractivity contribution in [1.82, 2.24) is 10.6 Å². The van der Waals surface area contributed by atoms with Gasteiger partial charge in [0.15, 0.2) is 0 Å². The summed E-state index contributed by atoms with van der Waals surface area (Å²) in [4.78, 5) is 0. The van der Waals surface area contributed by atoms with Gasteiger partial charge in [-0.25, -0.2) is 0 Å². The first-order valence-corrected chi connectivity index (χ1v) is 7.42. The molecule has 6 nitrogen and oxygen atoms in total. The highest BCUT2D eigenvalue weighted by Crippen LogP contribution is 2.16. The SMILES string of the molecule is C1COCCN1.CNC[C@@H](C)OC.COc1cccc(O)c1. The largest absolute Gasteiger partial charge is 0.508 e. The molecule has 0 aliphatic carbocycles. The number of hydrogen-bond donors (Lipinski definition) is 3. The molecule has 1 fully saturated rings. The lowest BCUT2D eigenvalue weighted by Gasteiger charge is -2.10.